The van der Waals surface area contributed by atoms with E-state index in [4.69, 9.17) is 5.11 Å². The van der Waals surface area contributed by atoms with Crippen molar-refractivity contribution in [2.24, 2.45) is 0 Å². The van der Waals surface area contributed by atoms with Gasteiger partial charge in [0.25, 0.3) is 0 Å². The van der Waals surface area contributed by atoms with Crippen molar-refractivity contribution in [2.75, 3.05) is 5.32 Å². The summed E-state index contributed by atoms with van der Waals surface area (Å²) in [5.41, 5.74) is 2.65. The zero-order chi connectivity index (χ0) is 18.0. The minimum absolute atomic E-state index is 0.233. The fraction of sp³-hybridized carbons (Fsp3) is 0.222. The quantitative estimate of drug-likeness (QED) is 0.738. The number of benzene rings is 1. The van der Waals surface area contributed by atoms with Crippen molar-refractivity contribution in [3.05, 3.63) is 54.1 Å². The van der Waals surface area contributed by atoms with Gasteiger partial charge >= 0.3 is 5.97 Å². The second-order valence-corrected chi connectivity index (χ2v) is 5.93. The molecule has 0 unspecified atom stereocenters. The van der Waals surface area contributed by atoms with Crippen molar-refractivity contribution in [3.63, 3.8) is 0 Å². The Hall–Kier alpha value is -3.22. The lowest BCUT2D eigenvalue weighted by Gasteiger charge is -2.14. The molecule has 7 nitrogen and oxygen atoms in total. The Bertz CT molecular complexity index is 900. The van der Waals surface area contributed by atoms with Crippen LogP contribution in [0.25, 0.3) is 11.4 Å². The number of imidazole rings is 1. The third kappa shape index (κ3) is 3.50. The smallest absolute Gasteiger partial charge is 0.335 e. The summed E-state index contributed by atoms with van der Waals surface area (Å²) in [6, 6.07) is 8.54. The van der Waals surface area contributed by atoms with Gasteiger partial charge in [0.15, 0.2) is 0 Å². The average Bonchev–Trinajstić information content (AvgIpc) is 2.97. The van der Waals surface area contributed by atoms with E-state index >= 15 is 0 Å². The largest absolute Gasteiger partial charge is 0.478 e. The van der Waals surface area contributed by atoms with Crippen LogP contribution in [0.5, 0.6) is 0 Å². The first-order chi connectivity index (χ1) is 12.0. The van der Waals surface area contributed by atoms with Gasteiger partial charge in [0.1, 0.15) is 5.82 Å². The van der Waals surface area contributed by atoms with Gasteiger partial charge in [-0.15, -0.1) is 0 Å². The number of hydrogen-bond donors (Lipinski definition) is 2. The lowest BCUT2D eigenvalue weighted by Crippen LogP contribution is -2.06. The van der Waals surface area contributed by atoms with Crippen LogP contribution in [0, 0.1) is 6.92 Å². The van der Waals surface area contributed by atoms with E-state index < -0.39 is 5.97 Å². The molecular formula is C18H19N5O2. The highest BCUT2D eigenvalue weighted by atomic mass is 16.4. The van der Waals surface area contributed by atoms with Crippen molar-refractivity contribution in [1.82, 2.24) is 19.5 Å². The highest BCUT2D eigenvalue weighted by Crippen LogP contribution is 2.24. The number of aryl methyl sites for hydroxylation is 1. The predicted octanol–water partition coefficient (Wildman–Crippen LogP) is 3.67. The molecule has 3 rings (SSSR count). The molecule has 0 aliphatic rings. The molecule has 2 N–H and O–H groups in total. The molecule has 128 valence electrons. The van der Waals surface area contributed by atoms with Crippen molar-refractivity contribution in [2.45, 2.75) is 26.8 Å². The first-order valence-corrected chi connectivity index (χ1v) is 7.93. The number of aromatic carboxylic acids is 1. The first kappa shape index (κ1) is 16.6. The third-order valence-electron chi connectivity index (χ3n) is 3.80. The number of nitrogens with one attached hydrogen (secondary N) is 1. The fourth-order valence-electron chi connectivity index (χ4n) is 2.68. The Labute approximate surface area is 145 Å². The monoisotopic (exact) mass is 337 g/mol. The van der Waals surface area contributed by atoms with E-state index in [0.29, 0.717) is 5.95 Å². The molecule has 3 aromatic rings. The van der Waals surface area contributed by atoms with Gasteiger partial charge < -0.3 is 15.0 Å². The topological polar surface area (TPSA) is 92.9 Å². The summed E-state index contributed by atoms with van der Waals surface area (Å²) in [7, 11) is 0. The fourth-order valence-corrected chi connectivity index (χ4v) is 2.68. The summed E-state index contributed by atoms with van der Waals surface area (Å²) < 4.78 is 2.12. The van der Waals surface area contributed by atoms with Crippen molar-refractivity contribution in [3.8, 4) is 11.4 Å². The molecule has 1 aromatic carbocycles. The van der Waals surface area contributed by atoms with Crippen LogP contribution in [0.3, 0.4) is 0 Å². The molecule has 0 aliphatic carbocycles. The van der Waals surface area contributed by atoms with Crippen LogP contribution in [0.1, 0.15) is 36.1 Å². The molecule has 0 radical (unpaired) electrons. The van der Waals surface area contributed by atoms with E-state index in [1.807, 2.05) is 19.2 Å². The Balaban J connectivity index is 1.88. The molecule has 2 aromatic heterocycles. The molecule has 25 heavy (non-hydrogen) atoms. The molecule has 2 heterocycles. The van der Waals surface area contributed by atoms with Gasteiger partial charge in [0, 0.05) is 17.9 Å². The summed E-state index contributed by atoms with van der Waals surface area (Å²) in [6.45, 7) is 6.17. The summed E-state index contributed by atoms with van der Waals surface area (Å²) >= 11 is 0. The summed E-state index contributed by atoms with van der Waals surface area (Å²) in [5.74, 6) is 0.416. The SMILES string of the molecule is Cc1ncc(-c2ccnc(Nc3ccc(C(=O)O)cc3)n2)n1C(C)C. The number of carbonyl (C=O) groups is 1. The van der Waals surface area contributed by atoms with E-state index in [0.717, 1.165) is 22.9 Å². The molecule has 0 spiro atoms. The Morgan fingerprint density at radius 1 is 1.16 bits per heavy atom. The number of nitrogens with zero attached hydrogens (tertiary/aromatic N) is 4. The van der Waals surface area contributed by atoms with Gasteiger partial charge in [-0.1, -0.05) is 0 Å². The molecule has 0 atom stereocenters. The minimum Gasteiger partial charge on any atom is -0.478 e. The molecule has 0 bridgehead atoms. The van der Waals surface area contributed by atoms with Crippen LogP contribution in [-0.2, 0) is 0 Å². The number of rotatable bonds is 5. The summed E-state index contributed by atoms with van der Waals surface area (Å²) in [6.07, 6.45) is 3.49. The molecule has 0 saturated heterocycles. The molecule has 0 saturated carbocycles. The first-order valence-electron chi connectivity index (χ1n) is 7.93. The number of carboxylic acids is 1. The van der Waals surface area contributed by atoms with E-state index in [1.165, 1.54) is 12.1 Å². The highest BCUT2D eigenvalue weighted by molar-refractivity contribution is 5.88. The van der Waals surface area contributed by atoms with Crippen molar-refractivity contribution in [1.29, 1.82) is 0 Å². The van der Waals surface area contributed by atoms with E-state index in [9.17, 15) is 4.79 Å². The zero-order valence-electron chi connectivity index (χ0n) is 14.3. The van der Waals surface area contributed by atoms with Crippen LogP contribution in [-0.4, -0.2) is 30.6 Å². The molecule has 0 amide bonds. The Kier molecular flexibility index (Phi) is 4.47. The highest BCUT2D eigenvalue weighted by Gasteiger charge is 2.13. The number of hydrogen-bond acceptors (Lipinski definition) is 5. The molecular weight excluding hydrogens is 318 g/mol. The number of anilines is 2. The maximum absolute atomic E-state index is 10.9. The van der Waals surface area contributed by atoms with Crippen LogP contribution in [0.2, 0.25) is 0 Å². The van der Waals surface area contributed by atoms with Crippen molar-refractivity contribution >= 4 is 17.6 Å². The van der Waals surface area contributed by atoms with Crippen LogP contribution in [0.4, 0.5) is 11.6 Å². The van der Waals surface area contributed by atoms with Crippen LogP contribution < -0.4 is 5.32 Å². The van der Waals surface area contributed by atoms with Crippen molar-refractivity contribution < 1.29 is 9.90 Å². The molecule has 0 aliphatic heterocycles. The number of carboxylic acid groups (broad SMARTS) is 1. The van der Waals surface area contributed by atoms with Crippen LogP contribution in [0.15, 0.2) is 42.7 Å². The van der Waals surface area contributed by atoms with E-state index in [2.05, 4.69) is 38.7 Å². The lowest BCUT2D eigenvalue weighted by molar-refractivity contribution is 0.0697. The summed E-state index contributed by atoms with van der Waals surface area (Å²) in [5, 5.41) is 12.0. The predicted molar refractivity (Wildman–Crippen MR) is 95.1 cm³/mol. The van der Waals surface area contributed by atoms with Gasteiger partial charge in [-0.3, -0.25) is 0 Å². The second-order valence-electron chi connectivity index (χ2n) is 5.93. The molecule has 0 fully saturated rings. The maximum Gasteiger partial charge on any atom is 0.335 e. The zero-order valence-corrected chi connectivity index (χ0v) is 14.3. The summed E-state index contributed by atoms with van der Waals surface area (Å²) in [4.78, 5) is 24.1. The third-order valence-corrected chi connectivity index (χ3v) is 3.80. The molecule has 7 heteroatoms. The van der Waals surface area contributed by atoms with E-state index in [1.54, 1.807) is 18.3 Å². The van der Waals surface area contributed by atoms with Gasteiger partial charge in [0.2, 0.25) is 5.95 Å². The van der Waals surface area contributed by atoms with Gasteiger partial charge in [-0.25, -0.2) is 19.7 Å². The number of aromatic nitrogens is 4. The van der Waals surface area contributed by atoms with Gasteiger partial charge in [0.05, 0.1) is 23.1 Å². The standard InChI is InChI=1S/C18H19N5O2/c1-11(2)23-12(3)20-10-16(23)15-8-9-19-18(22-15)21-14-6-4-13(5-7-14)17(24)25/h4-11H,1-3H3,(H,24,25)(H,19,21,22). The maximum atomic E-state index is 10.9. The normalized spacial score (nSPS) is 10.9. The van der Waals surface area contributed by atoms with Gasteiger partial charge in [-0.2, -0.15) is 0 Å². The van der Waals surface area contributed by atoms with Gasteiger partial charge in [-0.05, 0) is 51.1 Å². The second kappa shape index (κ2) is 6.72. The Morgan fingerprint density at radius 2 is 1.88 bits per heavy atom. The Morgan fingerprint density at radius 3 is 2.52 bits per heavy atom. The average molecular weight is 337 g/mol. The van der Waals surface area contributed by atoms with Crippen LogP contribution >= 0.6 is 0 Å². The lowest BCUT2D eigenvalue weighted by atomic mass is 10.2. The minimum atomic E-state index is -0.956. The van der Waals surface area contributed by atoms with E-state index in [-0.39, 0.29) is 11.6 Å².